The van der Waals surface area contributed by atoms with Gasteiger partial charge in [0, 0.05) is 23.6 Å². The van der Waals surface area contributed by atoms with Crippen LogP contribution in [0.4, 0.5) is 0 Å². The van der Waals surface area contributed by atoms with Crippen LogP contribution in [0.15, 0.2) is 52.9 Å². The standard InChI is InChI=1S/C18H12ClN3O3/c19-12-5-3-4-11(10-12)16-21-20-15(25-16)8-9-22-17(23)13-6-1-2-7-14(13)18(22)24/h1-7,10H,8-9H2. The van der Waals surface area contributed by atoms with Crippen LogP contribution in [0, 0.1) is 0 Å². The molecule has 2 heterocycles. The number of carbonyl (C=O) groups excluding carboxylic acids is 2. The number of amides is 2. The molecule has 0 aliphatic carbocycles. The second-order valence-corrected chi connectivity index (χ2v) is 6.01. The lowest BCUT2D eigenvalue weighted by Gasteiger charge is -2.11. The molecule has 2 amide bonds. The Kier molecular flexibility index (Phi) is 3.82. The topological polar surface area (TPSA) is 76.3 Å². The van der Waals surface area contributed by atoms with E-state index in [1.54, 1.807) is 42.5 Å². The zero-order chi connectivity index (χ0) is 17.4. The molecule has 0 saturated carbocycles. The van der Waals surface area contributed by atoms with E-state index in [4.69, 9.17) is 16.0 Å². The lowest BCUT2D eigenvalue weighted by molar-refractivity contribution is 0.0654. The van der Waals surface area contributed by atoms with Crippen LogP contribution >= 0.6 is 11.6 Å². The Labute approximate surface area is 148 Å². The summed E-state index contributed by atoms with van der Waals surface area (Å²) in [4.78, 5) is 25.8. The number of nitrogens with zero attached hydrogens (tertiary/aromatic N) is 3. The smallest absolute Gasteiger partial charge is 0.261 e. The maximum atomic E-state index is 12.3. The summed E-state index contributed by atoms with van der Waals surface area (Å²) in [7, 11) is 0. The summed E-state index contributed by atoms with van der Waals surface area (Å²) in [6, 6.07) is 13.9. The van der Waals surface area contributed by atoms with Crippen LogP contribution in [0.2, 0.25) is 5.02 Å². The minimum atomic E-state index is -0.296. The maximum Gasteiger partial charge on any atom is 0.261 e. The summed E-state index contributed by atoms with van der Waals surface area (Å²) < 4.78 is 5.60. The molecule has 3 aromatic rings. The molecule has 0 saturated heterocycles. The number of aromatic nitrogens is 2. The van der Waals surface area contributed by atoms with Crippen LogP contribution in [0.3, 0.4) is 0 Å². The number of fused-ring (bicyclic) bond motifs is 1. The summed E-state index contributed by atoms with van der Waals surface area (Å²) in [6.07, 6.45) is 0.291. The van der Waals surface area contributed by atoms with Gasteiger partial charge in [-0.3, -0.25) is 14.5 Å². The zero-order valence-electron chi connectivity index (χ0n) is 13.0. The van der Waals surface area contributed by atoms with Gasteiger partial charge in [-0.2, -0.15) is 0 Å². The lowest BCUT2D eigenvalue weighted by Crippen LogP contribution is -2.31. The van der Waals surface area contributed by atoms with E-state index in [0.717, 1.165) is 0 Å². The first kappa shape index (κ1) is 15.5. The van der Waals surface area contributed by atoms with Crippen LogP contribution in [0.1, 0.15) is 26.6 Å². The van der Waals surface area contributed by atoms with Crippen molar-refractivity contribution >= 4 is 23.4 Å². The Morgan fingerprint density at radius 3 is 2.36 bits per heavy atom. The van der Waals surface area contributed by atoms with Crippen molar-refractivity contribution in [3.63, 3.8) is 0 Å². The largest absolute Gasteiger partial charge is 0.421 e. The Balaban J connectivity index is 1.48. The highest BCUT2D eigenvalue weighted by molar-refractivity contribution is 6.30. The molecule has 124 valence electrons. The van der Waals surface area contributed by atoms with Crippen molar-refractivity contribution in [3.8, 4) is 11.5 Å². The molecule has 25 heavy (non-hydrogen) atoms. The molecule has 1 aliphatic rings. The van der Waals surface area contributed by atoms with E-state index in [1.807, 2.05) is 6.07 Å². The third-order valence-corrected chi connectivity index (χ3v) is 4.20. The Hall–Kier alpha value is -2.99. The lowest BCUT2D eigenvalue weighted by atomic mass is 10.1. The molecular formula is C18H12ClN3O3. The zero-order valence-corrected chi connectivity index (χ0v) is 13.7. The summed E-state index contributed by atoms with van der Waals surface area (Å²) in [5.41, 5.74) is 1.57. The van der Waals surface area contributed by atoms with Crippen molar-refractivity contribution in [2.24, 2.45) is 0 Å². The van der Waals surface area contributed by atoms with E-state index >= 15 is 0 Å². The first-order valence-electron chi connectivity index (χ1n) is 7.67. The number of hydrogen-bond acceptors (Lipinski definition) is 5. The van der Waals surface area contributed by atoms with E-state index in [0.29, 0.717) is 39.9 Å². The minimum absolute atomic E-state index is 0.184. The van der Waals surface area contributed by atoms with Crippen LogP contribution in [-0.4, -0.2) is 33.5 Å². The molecule has 0 atom stereocenters. The summed E-state index contributed by atoms with van der Waals surface area (Å²) in [5, 5.41) is 8.53. The molecule has 6 nitrogen and oxygen atoms in total. The third-order valence-electron chi connectivity index (χ3n) is 3.97. The third kappa shape index (κ3) is 2.81. The number of carbonyl (C=O) groups is 2. The fourth-order valence-electron chi connectivity index (χ4n) is 2.74. The predicted molar refractivity (Wildman–Crippen MR) is 90.3 cm³/mol. The maximum absolute atomic E-state index is 12.3. The SMILES string of the molecule is O=C1c2ccccc2C(=O)N1CCc1nnc(-c2cccc(Cl)c2)o1. The molecule has 1 aromatic heterocycles. The summed E-state index contributed by atoms with van der Waals surface area (Å²) in [5.74, 6) is 0.108. The highest BCUT2D eigenvalue weighted by Gasteiger charge is 2.34. The molecular weight excluding hydrogens is 342 g/mol. The van der Waals surface area contributed by atoms with Crippen molar-refractivity contribution in [2.75, 3.05) is 6.54 Å². The molecule has 2 aromatic carbocycles. The average molecular weight is 354 g/mol. The fraction of sp³-hybridized carbons (Fsp3) is 0.111. The van der Waals surface area contributed by atoms with Crippen LogP contribution in [-0.2, 0) is 6.42 Å². The molecule has 1 aliphatic heterocycles. The van der Waals surface area contributed by atoms with Gasteiger partial charge in [-0.05, 0) is 30.3 Å². The van der Waals surface area contributed by atoms with Gasteiger partial charge in [0.05, 0.1) is 11.1 Å². The normalized spacial score (nSPS) is 13.4. The second kappa shape index (κ2) is 6.14. The second-order valence-electron chi connectivity index (χ2n) is 5.57. The highest BCUT2D eigenvalue weighted by Crippen LogP contribution is 2.24. The number of benzene rings is 2. The van der Waals surface area contributed by atoms with Gasteiger partial charge in [-0.15, -0.1) is 10.2 Å². The van der Waals surface area contributed by atoms with Gasteiger partial charge in [0.25, 0.3) is 11.8 Å². The molecule has 0 bridgehead atoms. The van der Waals surface area contributed by atoms with Crippen LogP contribution in [0.25, 0.3) is 11.5 Å². The minimum Gasteiger partial charge on any atom is -0.421 e. The van der Waals surface area contributed by atoms with Crippen LogP contribution in [0.5, 0.6) is 0 Å². The molecule has 0 unspecified atom stereocenters. The molecule has 0 N–H and O–H groups in total. The first-order chi connectivity index (χ1) is 12.1. The quantitative estimate of drug-likeness (QED) is 0.673. The molecule has 0 spiro atoms. The van der Waals surface area contributed by atoms with E-state index in [9.17, 15) is 9.59 Å². The van der Waals surface area contributed by atoms with E-state index in [-0.39, 0.29) is 18.4 Å². The van der Waals surface area contributed by atoms with Gasteiger partial charge >= 0.3 is 0 Å². The summed E-state index contributed by atoms with van der Waals surface area (Å²) in [6.45, 7) is 0.184. The van der Waals surface area contributed by atoms with Gasteiger partial charge in [-0.1, -0.05) is 29.8 Å². The summed E-state index contributed by atoms with van der Waals surface area (Å²) >= 11 is 5.95. The predicted octanol–water partition coefficient (Wildman–Crippen LogP) is 3.23. The fourth-order valence-corrected chi connectivity index (χ4v) is 2.93. The monoisotopic (exact) mass is 353 g/mol. The molecule has 0 fully saturated rings. The Morgan fingerprint density at radius 1 is 0.960 bits per heavy atom. The number of hydrogen-bond donors (Lipinski definition) is 0. The number of imide groups is 1. The van der Waals surface area contributed by atoms with E-state index < -0.39 is 0 Å². The first-order valence-corrected chi connectivity index (χ1v) is 8.05. The van der Waals surface area contributed by atoms with Crippen molar-refractivity contribution in [3.05, 3.63) is 70.6 Å². The van der Waals surface area contributed by atoms with E-state index in [1.165, 1.54) is 4.90 Å². The number of rotatable bonds is 4. The van der Waals surface area contributed by atoms with Crippen LogP contribution < -0.4 is 0 Å². The van der Waals surface area contributed by atoms with Gasteiger partial charge in [0.1, 0.15) is 0 Å². The number of halogens is 1. The average Bonchev–Trinajstić information content (AvgIpc) is 3.18. The Morgan fingerprint density at radius 2 is 1.68 bits per heavy atom. The Bertz CT molecular complexity index is 948. The van der Waals surface area contributed by atoms with Gasteiger partial charge < -0.3 is 4.42 Å². The van der Waals surface area contributed by atoms with Gasteiger partial charge in [-0.25, -0.2) is 0 Å². The van der Waals surface area contributed by atoms with Gasteiger partial charge in [0.2, 0.25) is 11.8 Å². The van der Waals surface area contributed by atoms with Crippen molar-refractivity contribution < 1.29 is 14.0 Å². The molecule has 7 heteroatoms. The molecule has 4 rings (SSSR count). The van der Waals surface area contributed by atoms with Crippen molar-refractivity contribution in [1.82, 2.24) is 15.1 Å². The van der Waals surface area contributed by atoms with E-state index in [2.05, 4.69) is 10.2 Å². The molecule has 0 radical (unpaired) electrons. The highest BCUT2D eigenvalue weighted by atomic mass is 35.5. The van der Waals surface area contributed by atoms with Crippen molar-refractivity contribution in [1.29, 1.82) is 0 Å². The van der Waals surface area contributed by atoms with Crippen molar-refractivity contribution in [2.45, 2.75) is 6.42 Å². The van der Waals surface area contributed by atoms with Gasteiger partial charge in [0.15, 0.2) is 0 Å².